The third kappa shape index (κ3) is 3.32. The summed E-state index contributed by atoms with van der Waals surface area (Å²) in [5.41, 5.74) is 8.69. The minimum Gasteiger partial charge on any atom is -0.440 e. The summed E-state index contributed by atoms with van der Waals surface area (Å²) in [6.45, 7) is 2.16. The largest absolute Gasteiger partial charge is 0.440 e. The molecule has 1 aliphatic heterocycles. The van der Waals surface area contributed by atoms with Gasteiger partial charge in [0.05, 0.1) is 23.7 Å². The quantitative estimate of drug-likeness (QED) is 0.660. The number of fused-ring (bicyclic) bond motifs is 1. The van der Waals surface area contributed by atoms with Crippen molar-refractivity contribution in [2.24, 2.45) is 5.73 Å². The van der Waals surface area contributed by atoms with Crippen LogP contribution in [-0.4, -0.2) is 9.55 Å². The minimum absolute atomic E-state index is 0.0158. The van der Waals surface area contributed by atoms with E-state index in [1.54, 1.807) is 16.8 Å². The molecule has 144 valence electrons. The van der Waals surface area contributed by atoms with Crippen molar-refractivity contribution in [3.8, 4) is 11.8 Å². The number of aromatic nitrogens is 2. The topological polar surface area (TPSA) is 93.9 Å². The zero-order valence-electron chi connectivity index (χ0n) is 15.6. The highest BCUT2D eigenvalue weighted by atomic mass is 79.9. The van der Waals surface area contributed by atoms with E-state index in [-0.39, 0.29) is 17.0 Å². The fourth-order valence-corrected chi connectivity index (χ4v) is 4.07. The van der Waals surface area contributed by atoms with Crippen LogP contribution in [0.25, 0.3) is 0 Å². The average molecular weight is 449 g/mol. The molecular weight excluding hydrogens is 432 g/mol. The summed E-state index contributed by atoms with van der Waals surface area (Å²) in [6.07, 6.45) is 1.69. The van der Waals surface area contributed by atoms with Crippen LogP contribution in [0.15, 0.2) is 75.5 Å². The second kappa shape index (κ2) is 7.57. The lowest BCUT2D eigenvalue weighted by atomic mass is 9.84. The van der Waals surface area contributed by atoms with Crippen molar-refractivity contribution in [2.75, 3.05) is 0 Å². The molecule has 0 bridgehead atoms. The SMILES string of the molecule is Cc1cc2c(c(=O)n1Cc1ccccn1)[C@H](c1ccccc1Br)C(C#N)=C(N)O2. The molecule has 2 aromatic heterocycles. The summed E-state index contributed by atoms with van der Waals surface area (Å²) in [4.78, 5) is 17.9. The van der Waals surface area contributed by atoms with Crippen LogP contribution in [0.5, 0.6) is 5.75 Å². The summed E-state index contributed by atoms with van der Waals surface area (Å²) in [5, 5.41) is 9.76. The Balaban J connectivity index is 1.96. The smallest absolute Gasteiger partial charge is 0.259 e. The van der Waals surface area contributed by atoms with Gasteiger partial charge < -0.3 is 15.0 Å². The molecule has 3 aromatic rings. The number of benzene rings is 1. The Bertz CT molecular complexity index is 1230. The highest BCUT2D eigenvalue weighted by molar-refractivity contribution is 9.10. The van der Waals surface area contributed by atoms with E-state index in [1.807, 2.05) is 49.4 Å². The number of pyridine rings is 2. The van der Waals surface area contributed by atoms with Crippen LogP contribution >= 0.6 is 15.9 Å². The Hall–Kier alpha value is -3.37. The molecule has 7 heteroatoms. The maximum atomic E-state index is 13.6. The Morgan fingerprint density at radius 1 is 1.28 bits per heavy atom. The first kappa shape index (κ1) is 19.0. The third-order valence-corrected chi connectivity index (χ3v) is 5.67. The molecule has 29 heavy (non-hydrogen) atoms. The van der Waals surface area contributed by atoms with Crippen LogP contribution in [0.1, 0.15) is 28.4 Å². The highest BCUT2D eigenvalue weighted by Gasteiger charge is 2.35. The summed E-state index contributed by atoms with van der Waals surface area (Å²) in [6, 6.07) is 17.0. The summed E-state index contributed by atoms with van der Waals surface area (Å²) < 4.78 is 8.11. The Kier molecular flexibility index (Phi) is 4.95. The first-order valence-corrected chi connectivity index (χ1v) is 9.76. The van der Waals surface area contributed by atoms with Crippen LogP contribution < -0.4 is 16.0 Å². The van der Waals surface area contributed by atoms with Crippen molar-refractivity contribution in [3.05, 3.63) is 104 Å². The molecule has 0 aliphatic carbocycles. The first-order chi connectivity index (χ1) is 14.0. The first-order valence-electron chi connectivity index (χ1n) is 8.97. The van der Waals surface area contributed by atoms with Crippen molar-refractivity contribution in [2.45, 2.75) is 19.4 Å². The number of allylic oxidation sites excluding steroid dienone is 1. The van der Waals surface area contributed by atoms with Gasteiger partial charge in [-0.05, 0) is 30.7 Å². The van der Waals surface area contributed by atoms with E-state index in [2.05, 4.69) is 27.0 Å². The predicted molar refractivity (Wildman–Crippen MR) is 112 cm³/mol. The molecule has 0 saturated heterocycles. The van der Waals surface area contributed by atoms with Gasteiger partial charge in [-0.15, -0.1) is 0 Å². The number of nitrogens with two attached hydrogens (primary N) is 1. The average Bonchev–Trinajstić information content (AvgIpc) is 2.71. The second-order valence-electron chi connectivity index (χ2n) is 6.72. The fourth-order valence-electron chi connectivity index (χ4n) is 3.56. The molecule has 1 aliphatic rings. The number of ether oxygens (including phenoxy) is 1. The van der Waals surface area contributed by atoms with E-state index in [0.717, 1.165) is 21.4 Å². The number of nitriles is 1. The van der Waals surface area contributed by atoms with Gasteiger partial charge in [-0.1, -0.05) is 40.2 Å². The van der Waals surface area contributed by atoms with Gasteiger partial charge in [0.2, 0.25) is 5.88 Å². The van der Waals surface area contributed by atoms with Crippen LogP contribution in [-0.2, 0) is 6.54 Å². The lowest BCUT2D eigenvalue weighted by Crippen LogP contribution is -2.33. The van der Waals surface area contributed by atoms with E-state index in [1.165, 1.54) is 0 Å². The molecule has 6 nitrogen and oxygen atoms in total. The predicted octanol–water partition coefficient (Wildman–Crippen LogP) is 3.58. The minimum atomic E-state index is -0.623. The summed E-state index contributed by atoms with van der Waals surface area (Å²) in [5.74, 6) is -0.230. The number of halogens is 1. The Morgan fingerprint density at radius 3 is 2.72 bits per heavy atom. The van der Waals surface area contributed by atoms with Crippen molar-refractivity contribution >= 4 is 15.9 Å². The van der Waals surface area contributed by atoms with Gasteiger partial charge in [0, 0.05) is 22.4 Å². The number of hydrogen-bond donors (Lipinski definition) is 1. The molecular formula is C22H17BrN4O2. The molecule has 1 aromatic carbocycles. The molecule has 2 N–H and O–H groups in total. The molecule has 1 atom stereocenters. The van der Waals surface area contributed by atoms with E-state index in [9.17, 15) is 10.1 Å². The maximum absolute atomic E-state index is 13.6. The number of nitrogens with zero attached hydrogens (tertiary/aromatic N) is 3. The van der Waals surface area contributed by atoms with Gasteiger partial charge in [-0.25, -0.2) is 0 Å². The normalized spacial score (nSPS) is 15.4. The van der Waals surface area contributed by atoms with E-state index >= 15 is 0 Å². The van der Waals surface area contributed by atoms with Gasteiger partial charge in [0.1, 0.15) is 17.4 Å². The molecule has 0 amide bonds. The monoisotopic (exact) mass is 448 g/mol. The van der Waals surface area contributed by atoms with Crippen LogP contribution in [0.2, 0.25) is 0 Å². The highest BCUT2D eigenvalue weighted by Crippen LogP contribution is 2.42. The van der Waals surface area contributed by atoms with Gasteiger partial charge >= 0.3 is 0 Å². The van der Waals surface area contributed by atoms with Crippen molar-refractivity contribution in [1.29, 1.82) is 5.26 Å². The number of aryl methyl sites for hydroxylation is 1. The number of rotatable bonds is 3. The summed E-state index contributed by atoms with van der Waals surface area (Å²) in [7, 11) is 0. The van der Waals surface area contributed by atoms with Crippen molar-refractivity contribution in [3.63, 3.8) is 0 Å². The van der Waals surface area contributed by atoms with Crippen molar-refractivity contribution in [1.82, 2.24) is 9.55 Å². The molecule has 0 spiro atoms. The van der Waals surface area contributed by atoms with Crippen molar-refractivity contribution < 1.29 is 4.74 Å². The fraction of sp³-hybridized carbons (Fsp3) is 0.136. The summed E-state index contributed by atoms with van der Waals surface area (Å²) >= 11 is 3.54. The standard InChI is InChI=1S/C22H17BrN4O2/c1-13-10-18-20(22(28)27(13)12-14-6-4-5-9-26-14)19(16(11-24)21(25)29-18)15-7-2-3-8-17(15)23/h2-10,19H,12,25H2,1H3/t19-/m1/s1. The zero-order chi connectivity index (χ0) is 20.5. The van der Waals surface area contributed by atoms with Gasteiger partial charge in [-0.3, -0.25) is 9.78 Å². The van der Waals surface area contributed by atoms with Gasteiger partial charge in [0.25, 0.3) is 5.56 Å². The maximum Gasteiger partial charge on any atom is 0.259 e. The Labute approximate surface area is 176 Å². The lowest BCUT2D eigenvalue weighted by molar-refractivity contribution is 0.388. The Morgan fingerprint density at radius 2 is 2.03 bits per heavy atom. The van der Waals surface area contributed by atoms with Crippen LogP contribution in [0.3, 0.4) is 0 Å². The van der Waals surface area contributed by atoms with Crippen LogP contribution in [0.4, 0.5) is 0 Å². The molecule has 0 saturated carbocycles. The van der Waals surface area contributed by atoms with E-state index < -0.39 is 5.92 Å². The molecule has 3 heterocycles. The van der Waals surface area contributed by atoms with Gasteiger partial charge in [0.15, 0.2) is 0 Å². The van der Waals surface area contributed by atoms with Crippen LogP contribution in [0, 0.1) is 18.3 Å². The van der Waals surface area contributed by atoms with Gasteiger partial charge in [-0.2, -0.15) is 5.26 Å². The molecule has 0 fully saturated rings. The lowest BCUT2D eigenvalue weighted by Gasteiger charge is -2.28. The molecule has 4 rings (SSSR count). The third-order valence-electron chi connectivity index (χ3n) is 4.95. The molecule has 0 unspecified atom stereocenters. The zero-order valence-corrected chi connectivity index (χ0v) is 17.2. The van der Waals surface area contributed by atoms with E-state index in [4.69, 9.17) is 10.5 Å². The second-order valence-corrected chi connectivity index (χ2v) is 7.58. The molecule has 0 radical (unpaired) electrons. The number of hydrogen-bond acceptors (Lipinski definition) is 5. The van der Waals surface area contributed by atoms with E-state index in [0.29, 0.717) is 17.9 Å².